The van der Waals surface area contributed by atoms with Gasteiger partial charge in [-0.3, -0.25) is 9.69 Å². The van der Waals surface area contributed by atoms with Gasteiger partial charge >= 0.3 is 0 Å². The monoisotopic (exact) mass is 471 g/mol. The lowest BCUT2D eigenvalue weighted by Gasteiger charge is -2.26. The van der Waals surface area contributed by atoms with Crippen molar-refractivity contribution in [2.24, 2.45) is 7.05 Å². The Morgan fingerprint density at radius 2 is 1.85 bits per heavy atom. The number of rotatable bonds is 7. The van der Waals surface area contributed by atoms with Crippen molar-refractivity contribution in [2.45, 2.75) is 24.8 Å². The lowest BCUT2D eigenvalue weighted by atomic mass is 10.1. The second kappa shape index (κ2) is 9.58. The molecule has 2 aromatic heterocycles. The SMILES string of the molecule is CC(C)Nc1nc(-c2ccc(S(=O)(=O)CCN3CCOCC3)cc2)cc2ncn(C)c(=O)c12. The van der Waals surface area contributed by atoms with Crippen molar-refractivity contribution in [3.63, 3.8) is 0 Å². The molecule has 4 rings (SSSR count). The number of morpholine rings is 1. The molecule has 3 aromatic rings. The van der Waals surface area contributed by atoms with E-state index in [0.717, 1.165) is 18.7 Å². The normalized spacial score (nSPS) is 15.3. The van der Waals surface area contributed by atoms with Gasteiger partial charge < -0.3 is 14.6 Å². The second-order valence-electron chi connectivity index (χ2n) is 8.51. The molecule has 0 unspecified atom stereocenters. The Bertz CT molecular complexity index is 1300. The first-order valence-electron chi connectivity index (χ1n) is 11.0. The Hall–Kier alpha value is -2.82. The first-order valence-corrected chi connectivity index (χ1v) is 12.7. The molecule has 1 aliphatic rings. The van der Waals surface area contributed by atoms with Gasteiger partial charge in [0, 0.05) is 38.3 Å². The first kappa shape index (κ1) is 23.3. The Labute approximate surface area is 193 Å². The Balaban J connectivity index is 1.62. The third kappa shape index (κ3) is 5.23. The van der Waals surface area contributed by atoms with Crippen LogP contribution in [0.25, 0.3) is 22.2 Å². The number of aryl methyl sites for hydroxylation is 1. The minimum Gasteiger partial charge on any atom is -0.379 e. The fourth-order valence-electron chi connectivity index (χ4n) is 3.77. The average Bonchev–Trinajstić information content (AvgIpc) is 2.80. The molecule has 0 bridgehead atoms. The van der Waals surface area contributed by atoms with Crippen LogP contribution in [0.3, 0.4) is 0 Å². The zero-order valence-corrected chi connectivity index (χ0v) is 19.9. The fraction of sp³-hybridized carbons (Fsp3) is 0.435. The van der Waals surface area contributed by atoms with Gasteiger partial charge in [-0.1, -0.05) is 12.1 Å². The van der Waals surface area contributed by atoms with Crippen LogP contribution in [0.5, 0.6) is 0 Å². The summed E-state index contributed by atoms with van der Waals surface area (Å²) in [5, 5.41) is 3.67. The minimum absolute atomic E-state index is 0.0657. The van der Waals surface area contributed by atoms with Crippen LogP contribution < -0.4 is 10.9 Å². The summed E-state index contributed by atoms with van der Waals surface area (Å²) in [5.74, 6) is 0.532. The molecule has 3 heterocycles. The molecule has 0 spiro atoms. The molecule has 0 aliphatic carbocycles. The first-order chi connectivity index (χ1) is 15.7. The van der Waals surface area contributed by atoms with Gasteiger partial charge in [0.05, 0.1) is 41.4 Å². The number of nitrogens with one attached hydrogen (secondary N) is 1. The highest BCUT2D eigenvalue weighted by molar-refractivity contribution is 7.91. The molecular weight excluding hydrogens is 442 g/mol. The van der Waals surface area contributed by atoms with Crippen molar-refractivity contribution in [3.05, 3.63) is 47.0 Å². The maximum Gasteiger partial charge on any atom is 0.264 e. The van der Waals surface area contributed by atoms with E-state index in [0.29, 0.717) is 42.2 Å². The van der Waals surface area contributed by atoms with E-state index in [1.165, 1.54) is 10.9 Å². The average molecular weight is 472 g/mol. The van der Waals surface area contributed by atoms with Crippen LogP contribution in [0.2, 0.25) is 0 Å². The van der Waals surface area contributed by atoms with Crippen molar-refractivity contribution >= 4 is 26.6 Å². The minimum atomic E-state index is -3.40. The molecular formula is C23H29N5O4S. The maximum atomic E-state index is 12.8. The number of hydrogen-bond donors (Lipinski definition) is 1. The van der Waals surface area contributed by atoms with Crippen LogP contribution in [-0.2, 0) is 21.6 Å². The van der Waals surface area contributed by atoms with E-state index in [1.807, 2.05) is 13.8 Å². The zero-order chi connectivity index (χ0) is 23.6. The molecule has 1 saturated heterocycles. The summed E-state index contributed by atoms with van der Waals surface area (Å²) in [5.41, 5.74) is 1.72. The van der Waals surface area contributed by atoms with E-state index in [4.69, 9.17) is 4.74 Å². The van der Waals surface area contributed by atoms with Crippen molar-refractivity contribution in [1.82, 2.24) is 19.4 Å². The van der Waals surface area contributed by atoms with Crippen LogP contribution in [-0.4, -0.2) is 72.5 Å². The number of benzene rings is 1. The van der Waals surface area contributed by atoms with Crippen molar-refractivity contribution in [3.8, 4) is 11.3 Å². The van der Waals surface area contributed by atoms with Crippen LogP contribution >= 0.6 is 0 Å². The maximum absolute atomic E-state index is 12.8. The van der Waals surface area contributed by atoms with E-state index in [9.17, 15) is 13.2 Å². The largest absolute Gasteiger partial charge is 0.379 e. The molecule has 9 nitrogen and oxygen atoms in total. The van der Waals surface area contributed by atoms with E-state index in [1.54, 1.807) is 37.4 Å². The quantitative estimate of drug-likeness (QED) is 0.557. The highest BCUT2D eigenvalue weighted by atomic mass is 32.2. The molecule has 0 radical (unpaired) electrons. The predicted octanol–water partition coefficient (Wildman–Crippen LogP) is 1.92. The fourth-order valence-corrected chi connectivity index (χ4v) is 5.06. The van der Waals surface area contributed by atoms with Crippen LogP contribution in [0, 0.1) is 0 Å². The number of aromatic nitrogens is 3. The predicted molar refractivity (Wildman–Crippen MR) is 128 cm³/mol. The Morgan fingerprint density at radius 3 is 2.52 bits per heavy atom. The number of sulfone groups is 1. The molecule has 176 valence electrons. The Kier molecular flexibility index (Phi) is 6.78. The van der Waals surface area contributed by atoms with Crippen LogP contribution in [0.4, 0.5) is 5.82 Å². The summed E-state index contributed by atoms with van der Waals surface area (Å²) in [6.45, 7) is 7.22. The molecule has 1 aromatic carbocycles. The van der Waals surface area contributed by atoms with Gasteiger partial charge in [0.2, 0.25) is 0 Å². The number of nitrogens with zero attached hydrogens (tertiary/aromatic N) is 4. The number of fused-ring (bicyclic) bond motifs is 1. The molecule has 0 saturated carbocycles. The topological polar surface area (TPSA) is 106 Å². The highest BCUT2D eigenvalue weighted by Gasteiger charge is 2.19. The molecule has 1 fully saturated rings. The second-order valence-corrected chi connectivity index (χ2v) is 10.6. The van der Waals surface area contributed by atoms with E-state index < -0.39 is 9.84 Å². The van der Waals surface area contributed by atoms with Crippen molar-refractivity contribution < 1.29 is 13.2 Å². The Morgan fingerprint density at radius 1 is 1.15 bits per heavy atom. The summed E-state index contributed by atoms with van der Waals surface area (Å²) in [6, 6.07) is 8.54. The summed E-state index contributed by atoms with van der Waals surface area (Å²) in [6.07, 6.45) is 1.48. The van der Waals surface area contributed by atoms with Gasteiger partial charge in [0.25, 0.3) is 5.56 Å². The van der Waals surface area contributed by atoms with Crippen LogP contribution in [0.1, 0.15) is 13.8 Å². The molecule has 10 heteroatoms. The van der Waals surface area contributed by atoms with E-state index in [2.05, 4.69) is 20.2 Å². The van der Waals surface area contributed by atoms with Gasteiger partial charge in [0.1, 0.15) is 11.2 Å². The molecule has 0 atom stereocenters. The summed E-state index contributed by atoms with van der Waals surface area (Å²) >= 11 is 0. The molecule has 1 N–H and O–H groups in total. The molecule has 33 heavy (non-hydrogen) atoms. The van der Waals surface area contributed by atoms with E-state index in [-0.39, 0.29) is 22.2 Å². The third-order valence-electron chi connectivity index (χ3n) is 5.62. The van der Waals surface area contributed by atoms with E-state index >= 15 is 0 Å². The number of ether oxygens (including phenoxy) is 1. The summed E-state index contributed by atoms with van der Waals surface area (Å²) < 4.78 is 32.4. The van der Waals surface area contributed by atoms with Gasteiger partial charge in [-0.15, -0.1) is 0 Å². The highest BCUT2D eigenvalue weighted by Crippen LogP contribution is 2.26. The van der Waals surface area contributed by atoms with Gasteiger partial charge in [-0.25, -0.2) is 18.4 Å². The zero-order valence-electron chi connectivity index (χ0n) is 19.1. The van der Waals surface area contributed by atoms with Crippen molar-refractivity contribution in [2.75, 3.05) is 43.9 Å². The number of anilines is 1. The lowest BCUT2D eigenvalue weighted by Crippen LogP contribution is -2.39. The van der Waals surface area contributed by atoms with Crippen LogP contribution in [0.15, 0.2) is 46.3 Å². The van der Waals surface area contributed by atoms with Gasteiger partial charge in [-0.2, -0.15) is 0 Å². The van der Waals surface area contributed by atoms with Gasteiger partial charge in [0.15, 0.2) is 9.84 Å². The number of hydrogen-bond acceptors (Lipinski definition) is 8. The molecule has 0 amide bonds. The smallest absolute Gasteiger partial charge is 0.264 e. The third-order valence-corrected chi connectivity index (χ3v) is 7.33. The standard InChI is InChI=1S/C23H29N5O4S/c1-16(2)25-22-21-20(24-15-27(3)23(21)29)14-19(26-22)17-4-6-18(7-5-17)33(30,31)13-10-28-8-11-32-12-9-28/h4-7,14-16H,8-13H2,1-3H3,(H,25,26). The summed E-state index contributed by atoms with van der Waals surface area (Å²) in [7, 11) is -1.75. The molecule has 1 aliphatic heterocycles. The lowest BCUT2D eigenvalue weighted by molar-refractivity contribution is 0.0408. The summed E-state index contributed by atoms with van der Waals surface area (Å²) in [4.78, 5) is 24.1. The number of pyridine rings is 1. The van der Waals surface area contributed by atoms with Crippen molar-refractivity contribution in [1.29, 1.82) is 0 Å². The van der Waals surface area contributed by atoms with Gasteiger partial charge in [-0.05, 0) is 32.0 Å².